The summed E-state index contributed by atoms with van der Waals surface area (Å²) >= 11 is 1.19. The standard InChI is InChI=1S/C28H20N2O5S/c1-16-8-9-19(12-17(16)2)24(31)14-35-27(34)20-10-11-21-22(13-20)26(33)30(25(21)32)28-29-23(15-36-28)18-6-4-3-5-7-18/h3-13,15H,14H2,1-2H3. The van der Waals surface area contributed by atoms with Gasteiger partial charge in [-0.05, 0) is 49.2 Å². The Labute approximate surface area is 211 Å². The number of nitrogens with zero attached hydrogens (tertiary/aromatic N) is 2. The van der Waals surface area contributed by atoms with E-state index in [0.717, 1.165) is 21.6 Å². The lowest BCUT2D eigenvalue weighted by Crippen LogP contribution is -2.29. The molecule has 3 aromatic carbocycles. The van der Waals surface area contributed by atoms with Crippen molar-refractivity contribution < 1.29 is 23.9 Å². The summed E-state index contributed by atoms with van der Waals surface area (Å²) in [6.45, 7) is 3.42. The zero-order valence-corrected chi connectivity index (χ0v) is 20.3. The smallest absolute Gasteiger partial charge is 0.338 e. The summed E-state index contributed by atoms with van der Waals surface area (Å²) in [5.74, 6) is -2.16. The highest BCUT2D eigenvalue weighted by molar-refractivity contribution is 7.14. The highest BCUT2D eigenvalue weighted by Crippen LogP contribution is 2.33. The van der Waals surface area contributed by atoms with Crippen molar-refractivity contribution in [3.8, 4) is 11.3 Å². The summed E-state index contributed by atoms with van der Waals surface area (Å²) in [7, 11) is 0. The van der Waals surface area contributed by atoms with E-state index >= 15 is 0 Å². The summed E-state index contributed by atoms with van der Waals surface area (Å²) < 4.78 is 5.19. The first-order valence-electron chi connectivity index (χ1n) is 11.1. The van der Waals surface area contributed by atoms with Crippen LogP contribution in [-0.4, -0.2) is 35.2 Å². The number of aromatic nitrogens is 1. The largest absolute Gasteiger partial charge is 0.454 e. The van der Waals surface area contributed by atoms with Crippen LogP contribution in [0.4, 0.5) is 5.13 Å². The Morgan fingerprint density at radius 3 is 2.33 bits per heavy atom. The third kappa shape index (κ3) is 4.23. The van der Waals surface area contributed by atoms with Gasteiger partial charge in [0.15, 0.2) is 17.5 Å². The predicted octanol–water partition coefficient (Wildman–Crippen LogP) is 5.27. The maximum atomic E-state index is 13.1. The molecule has 0 saturated heterocycles. The molecule has 0 N–H and O–H groups in total. The molecule has 8 heteroatoms. The molecule has 5 rings (SSSR count). The number of anilines is 1. The van der Waals surface area contributed by atoms with Crippen LogP contribution in [0.25, 0.3) is 11.3 Å². The topological polar surface area (TPSA) is 93.6 Å². The van der Waals surface area contributed by atoms with Crippen LogP contribution in [0.1, 0.15) is 52.6 Å². The number of ether oxygens (including phenoxy) is 1. The quantitative estimate of drug-likeness (QED) is 0.205. The third-order valence-corrected chi connectivity index (χ3v) is 6.86. The number of ketones is 1. The van der Waals surface area contributed by atoms with Crippen molar-refractivity contribution in [2.24, 2.45) is 0 Å². The molecule has 0 saturated carbocycles. The number of esters is 1. The second kappa shape index (κ2) is 9.31. The molecule has 7 nitrogen and oxygen atoms in total. The van der Waals surface area contributed by atoms with Crippen molar-refractivity contribution in [2.75, 3.05) is 11.5 Å². The summed E-state index contributed by atoms with van der Waals surface area (Å²) in [5.41, 5.74) is 4.36. The number of imide groups is 1. The molecule has 4 aromatic rings. The van der Waals surface area contributed by atoms with Crippen molar-refractivity contribution in [1.29, 1.82) is 0 Å². The Balaban J connectivity index is 1.32. The predicted molar refractivity (Wildman–Crippen MR) is 136 cm³/mol. The van der Waals surface area contributed by atoms with Gasteiger partial charge in [-0.3, -0.25) is 14.4 Å². The summed E-state index contributed by atoms with van der Waals surface area (Å²) in [5, 5.41) is 2.03. The van der Waals surface area contributed by atoms with Gasteiger partial charge in [0, 0.05) is 16.5 Å². The van der Waals surface area contributed by atoms with Gasteiger partial charge in [0.05, 0.1) is 22.4 Å². The molecule has 1 aliphatic rings. The molecule has 0 unspecified atom stereocenters. The Morgan fingerprint density at radius 2 is 1.58 bits per heavy atom. The van der Waals surface area contributed by atoms with Gasteiger partial charge in [0.2, 0.25) is 0 Å². The first-order chi connectivity index (χ1) is 17.3. The molecule has 0 bridgehead atoms. The first-order valence-corrected chi connectivity index (χ1v) is 12.0. The number of thiazole rings is 1. The van der Waals surface area contributed by atoms with Crippen LogP contribution in [-0.2, 0) is 4.74 Å². The maximum absolute atomic E-state index is 13.1. The zero-order valence-electron chi connectivity index (χ0n) is 19.5. The Bertz CT molecular complexity index is 1540. The van der Waals surface area contributed by atoms with Gasteiger partial charge in [-0.25, -0.2) is 14.7 Å². The van der Waals surface area contributed by atoms with E-state index in [1.165, 1.54) is 29.5 Å². The monoisotopic (exact) mass is 496 g/mol. The number of Topliss-reactive ketones (excluding diaryl/α,β-unsaturated/α-hetero) is 1. The minimum absolute atomic E-state index is 0.0775. The van der Waals surface area contributed by atoms with Crippen LogP contribution in [0.5, 0.6) is 0 Å². The van der Waals surface area contributed by atoms with E-state index in [1.807, 2.05) is 50.2 Å². The van der Waals surface area contributed by atoms with E-state index in [-0.39, 0.29) is 27.6 Å². The van der Waals surface area contributed by atoms with Crippen molar-refractivity contribution in [1.82, 2.24) is 4.98 Å². The molecule has 36 heavy (non-hydrogen) atoms. The molecular weight excluding hydrogens is 476 g/mol. The summed E-state index contributed by atoms with van der Waals surface area (Å²) in [6, 6.07) is 18.9. The molecule has 1 aromatic heterocycles. The number of hydrogen-bond acceptors (Lipinski definition) is 7. The Morgan fingerprint density at radius 1 is 0.861 bits per heavy atom. The number of aryl methyl sites for hydroxylation is 2. The second-order valence-corrected chi connectivity index (χ2v) is 9.22. The van der Waals surface area contributed by atoms with Crippen molar-refractivity contribution in [3.05, 3.63) is 105 Å². The van der Waals surface area contributed by atoms with E-state index in [2.05, 4.69) is 4.98 Å². The lowest BCUT2D eigenvalue weighted by molar-refractivity contribution is 0.0474. The number of fused-ring (bicyclic) bond motifs is 1. The molecule has 0 fully saturated rings. The fourth-order valence-electron chi connectivity index (χ4n) is 3.86. The second-order valence-electron chi connectivity index (χ2n) is 8.39. The van der Waals surface area contributed by atoms with Crippen LogP contribution < -0.4 is 4.90 Å². The number of rotatable bonds is 6. The van der Waals surface area contributed by atoms with Crippen molar-refractivity contribution >= 4 is 40.0 Å². The van der Waals surface area contributed by atoms with Gasteiger partial charge in [0.1, 0.15) is 0 Å². The van der Waals surface area contributed by atoms with E-state index in [0.29, 0.717) is 11.3 Å². The lowest BCUT2D eigenvalue weighted by atomic mass is 10.0. The number of hydrogen-bond donors (Lipinski definition) is 0. The Kier molecular flexibility index (Phi) is 6.03. The van der Waals surface area contributed by atoms with E-state index in [9.17, 15) is 19.2 Å². The average Bonchev–Trinajstić information content (AvgIpc) is 3.47. The molecule has 0 radical (unpaired) electrons. The summed E-state index contributed by atoms with van der Waals surface area (Å²) in [4.78, 5) is 56.6. The highest BCUT2D eigenvalue weighted by Gasteiger charge is 2.39. The van der Waals surface area contributed by atoms with E-state index < -0.39 is 24.4 Å². The van der Waals surface area contributed by atoms with E-state index in [4.69, 9.17) is 4.74 Å². The van der Waals surface area contributed by atoms with Gasteiger partial charge in [0.25, 0.3) is 11.8 Å². The van der Waals surface area contributed by atoms with Crippen LogP contribution in [0.15, 0.2) is 72.1 Å². The van der Waals surface area contributed by atoms with Gasteiger partial charge in [-0.2, -0.15) is 0 Å². The van der Waals surface area contributed by atoms with E-state index in [1.54, 1.807) is 17.5 Å². The first kappa shape index (κ1) is 23.3. The normalized spacial score (nSPS) is 12.6. The lowest BCUT2D eigenvalue weighted by Gasteiger charge is -2.08. The fraction of sp³-hybridized carbons (Fsp3) is 0.107. The number of benzene rings is 3. The number of carbonyl (C=O) groups excluding carboxylic acids is 4. The third-order valence-electron chi connectivity index (χ3n) is 6.04. The number of carbonyl (C=O) groups is 4. The van der Waals surface area contributed by atoms with Gasteiger partial charge >= 0.3 is 5.97 Å². The molecule has 0 spiro atoms. The fourth-order valence-corrected chi connectivity index (χ4v) is 4.69. The molecule has 0 atom stereocenters. The number of amides is 2. The van der Waals surface area contributed by atoms with Gasteiger partial charge in [-0.1, -0.05) is 42.5 Å². The van der Waals surface area contributed by atoms with Crippen molar-refractivity contribution in [2.45, 2.75) is 13.8 Å². The van der Waals surface area contributed by atoms with Gasteiger partial charge < -0.3 is 4.74 Å². The molecule has 2 heterocycles. The zero-order chi connectivity index (χ0) is 25.4. The minimum atomic E-state index is -0.755. The SMILES string of the molecule is Cc1ccc(C(=O)COC(=O)c2ccc3c(c2)C(=O)N(c2nc(-c4ccccc4)cs2)C3=O)cc1C. The van der Waals surface area contributed by atoms with Gasteiger partial charge in [-0.15, -0.1) is 11.3 Å². The molecular formula is C28H20N2O5S. The van der Waals surface area contributed by atoms with Crippen LogP contribution in [0, 0.1) is 13.8 Å². The highest BCUT2D eigenvalue weighted by atomic mass is 32.1. The maximum Gasteiger partial charge on any atom is 0.338 e. The minimum Gasteiger partial charge on any atom is -0.454 e. The average molecular weight is 497 g/mol. The van der Waals surface area contributed by atoms with Crippen LogP contribution in [0.3, 0.4) is 0 Å². The van der Waals surface area contributed by atoms with Crippen molar-refractivity contribution in [3.63, 3.8) is 0 Å². The van der Waals surface area contributed by atoms with Crippen LogP contribution >= 0.6 is 11.3 Å². The summed E-state index contributed by atoms with van der Waals surface area (Å²) in [6.07, 6.45) is 0. The van der Waals surface area contributed by atoms with Crippen LogP contribution in [0.2, 0.25) is 0 Å². The molecule has 178 valence electrons. The molecule has 0 aliphatic carbocycles. The molecule has 1 aliphatic heterocycles. The Hall–Kier alpha value is -4.43. The molecule has 2 amide bonds.